The molecule has 0 radical (unpaired) electrons. The molecule has 0 saturated carbocycles. The van der Waals surface area contributed by atoms with Gasteiger partial charge in [0.1, 0.15) is 0 Å². The molecule has 0 atom stereocenters. The molecule has 23 heavy (non-hydrogen) atoms. The molecule has 2 aromatic carbocycles. The molecule has 3 rings (SSSR count). The Morgan fingerprint density at radius 3 is 2.57 bits per heavy atom. The molecule has 1 saturated heterocycles. The lowest BCUT2D eigenvalue weighted by molar-refractivity contribution is 0.0954. The van der Waals surface area contributed by atoms with E-state index in [2.05, 4.69) is 17.4 Å². The molecule has 0 bridgehead atoms. The minimum atomic E-state index is -0.0229. The summed E-state index contributed by atoms with van der Waals surface area (Å²) in [4.78, 5) is 12.2. The van der Waals surface area contributed by atoms with Gasteiger partial charge in [-0.3, -0.25) is 4.79 Å². The van der Waals surface area contributed by atoms with Crippen LogP contribution in [0.3, 0.4) is 0 Å². The van der Waals surface area contributed by atoms with E-state index in [1.165, 1.54) is 17.1 Å². The lowest BCUT2D eigenvalue weighted by Gasteiger charge is -2.10. The highest BCUT2D eigenvalue weighted by atomic mass is 35.5. The van der Waals surface area contributed by atoms with Crippen molar-refractivity contribution < 1.29 is 4.79 Å². The number of hydrogen-bond acceptors (Lipinski definition) is 3. The Kier molecular flexibility index (Phi) is 5.92. The van der Waals surface area contributed by atoms with Gasteiger partial charge in [-0.15, -0.1) is 23.5 Å². The van der Waals surface area contributed by atoms with Gasteiger partial charge in [-0.2, -0.15) is 0 Å². The number of benzene rings is 2. The topological polar surface area (TPSA) is 29.1 Å². The molecule has 120 valence electrons. The predicted octanol–water partition coefficient (Wildman–Crippen LogP) is 4.79. The van der Waals surface area contributed by atoms with E-state index in [4.69, 9.17) is 11.6 Å². The van der Waals surface area contributed by atoms with Crippen LogP contribution >= 0.6 is 35.1 Å². The first-order chi connectivity index (χ1) is 11.2. The Balaban J connectivity index is 1.51. The van der Waals surface area contributed by atoms with Gasteiger partial charge in [0.05, 0.1) is 4.58 Å². The molecular weight excluding hydrogens is 346 g/mol. The van der Waals surface area contributed by atoms with Gasteiger partial charge in [-0.05, 0) is 41.8 Å². The van der Waals surface area contributed by atoms with Crippen LogP contribution in [0.5, 0.6) is 0 Å². The van der Waals surface area contributed by atoms with E-state index in [-0.39, 0.29) is 5.91 Å². The van der Waals surface area contributed by atoms with Crippen molar-refractivity contribution in [3.8, 4) is 0 Å². The summed E-state index contributed by atoms with van der Waals surface area (Å²) in [5.74, 6) is 2.40. The van der Waals surface area contributed by atoms with Crippen molar-refractivity contribution in [2.75, 3.05) is 18.1 Å². The van der Waals surface area contributed by atoms with Crippen molar-refractivity contribution in [2.24, 2.45) is 0 Å². The van der Waals surface area contributed by atoms with Crippen LogP contribution in [-0.2, 0) is 6.42 Å². The first-order valence-corrected chi connectivity index (χ1v) is 10.1. The van der Waals surface area contributed by atoms with Crippen LogP contribution < -0.4 is 5.32 Å². The van der Waals surface area contributed by atoms with Crippen LogP contribution in [0.1, 0.15) is 26.1 Å². The highest BCUT2D eigenvalue weighted by molar-refractivity contribution is 8.19. The van der Waals surface area contributed by atoms with Gasteiger partial charge in [-0.1, -0.05) is 35.9 Å². The number of carbonyl (C=O) groups excluding carboxylic acids is 1. The van der Waals surface area contributed by atoms with E-state index in [1.54, 1.807) is 0 Å². The number of amides is 1. The van der Waals surface area contributed by atoms with Crippen molar-refractivity contribution in [2.45, 2.75) is 11.0 Å². The zero-order chi connectivity index (χ0) is 16.1. The summed E-state index contributed by atoms with van der Waals surface area (Å²) in [6, 6.07) is 15.7. The molecular formula is C18H18ClNOS2. The number of rotatable bonds is 5. The second kappa shape index (κ2) is 8.13. The first-order valence-electron chi connectivity index (χ1n) is 7.58. The maximum atomic E-state index is 12.2. The second-order valence-electron chi connectivity index (χ2n) is 5.33. The fourth-order valence-corrected chi connectivity index (χ4v) is 5.53. The quantitative estimate of drug-likeness (QED) is 0.827. The minimum absolute atomic E-state index is 0.0229. The third kappa shape index (κ3) is 4.69. The molecule has 1 heterocycles. The van der Waals surface area contributed by atoms with Crippen LogP contribution in [-0.4, -0.2) is 24.0 Å². The third-order valence-electron chi connectivity index (χ3n) is 3.66. The zero-order valence-electron chi connectivity index (χ0n) is 12.6. The predicted molar refractivity (Wildman–Crippen MR) is 102 cm³/mol. The molecule has 5 heteroatoms. The molecule has 0 unspecified atom stereocenters. The summed E-state index contributed by atoms with van der Waals surface area (Å²) in [7, 11) is 0. The van der Waals surface area contributed by atoms with Crippen molar-refractivity contribution in [1.82, 2.24) is 5.32 Å². The molecule has 2 aromatic rings. The number of carbonyl (C=O) groups is 1. The lowest BCUT2D eigenvalue weighted by atomic mass is 10.1. The van der Waals surface area contributed by atoms with E-state index in [9.17, 15) is 4.79 Å². The van der Waals surface area contributed by atoms with Crippen molar-refractivity contribution in [3.63, 3.8) is 0 Å². The van der Waals surface area contributed by atoms with Gasteiger partial charge >= 0.3 is 0 Å². The average molecular weight is 364 g/mol. The monoisotopic (exact) mass is 363 g/mol. The van der Waals surface area contributed by atoms with Gasteiger partial charge < -0.3 is 5.32 Å². The Morgan fingerprint density at radius 1 is 1.13 bits per heavy atom. The molecule has 1 aliphatic heterocycles. The average Bonchev–Trinajstić information content (AvgIpc) is 3.09. The molecule has 1 aliphatic rings. The standard InChI is InChI=1S/C18H18ClNOS2/c19-16-3-1-2-13(12-16)8-9-20-17(21)14-4-6-15(7-5-14)18-22-10-11-23-18/h1-7,12,18H,8-11H2,(H,20,21). The summed E-state index contributed by atoms with van der Waals surface area (Å²) < 4.78 is 0.523. The largest absolute Gasteiger partial charge is 0.352 e. The van der Waals surface area contributed by atoms with Gasteiger partial charge in [0.15, 0.2) is 0 Å². The Hall–Kier alpha value is -1.10. The highest BCUT2D eigenvalue weighted by Crippen LogP contribution is 2.45. The highest BCUT2D eigenvalue weighted by Gasteiger charge is 2.18. The summed E-state index contributed by atoms with van der Waals surface area (Å²) in [6.07, 6.45) is 0.778. The van der Waals surface area contributed by atoms with E-state index < -0.39 is 0 Å². The molecule has 0 spiro atoms. The van der Waals surface area contributed by atoms with E-state index in [1.807, 2.05) is 59.9 Å². The molecule has 2 nitrogen and oxygen atoms in total. The number of thioether (sulfide) groups is 2. The maximum absolute atomic E-state index is 12.2. The van der Waals surface area contributed by atoms with E-state index in [0.29, 0.717) is 16.7 Å². The lowest BCUT2D eigenvalue weighted by Crippen LogP contribution is -2.25. The van der Waals surface area contributed by atoms with Gasteiger partial charge in [0.25, 0.3) is 5.91 Å². The summed E-state index contributed by atoms with van der Waals surface area (Å²) in [5.41, 5.74) is 3.14. The summed E-state index contributed by atoms with van der Waals surface area (Å²) in [6.45, 7) is 0.606. The van der Waals surface area contributed by atoms with E-state index >= 15 is 0 Å². The molecule has 1 amide bonds. The van der Waals surface area contributed by atoms with Crippen LogP contribution in [0.2, 0.25) is 5.02 Å². The molecule has 1 N–H and O–H groups in total. The number of hydrogen-bond donors (Lipinski definition) is 1. The first kappa shape index (κ1) is 16.7. The van der Waals surface area contributed by atoms with Crippen LogP contribution in [0, 0.1) is 0 Å². The Bertz CT molecular complexity index is 669. The minimum Gasteiger partial charge on any atom is -0.352 e. The Morgan fingerprint density at radius 2 is 1.87 bits per heavy atom. The SMILES string of the molecule is O=C(NCCc1cccc(Cl)c1)c1ccc(C2SCCS2)cc1. The van der Waals surface area contributed by atoms with Gasteiger partial charge in [-0.25, -0.2) is 0 Å². The van der Waals surface area contributed by atoms with Crippen molar-refractivity contribution >= 4 is 41.0 Å². The van der Waals surface area contributed by atoms with Crippen LogP contribution in [0.15, 0.2) is 48.5 Å². The van der Waals surface area contributed by atoms with Crippen molar-refractivity contribution in [1.29, 1.82) is 0 Å². The normalized spacial score (nSPS) is 14.8. The zero-order valence-corrected chi connectivity index (χ0v) is 15.0. The third-order valence-corrected chi connectivity index (χ3v) is 6.99. The molecule has 0 aromatic heterocycles. The van der Waals surface area contributed by atoms with Crippen LogP contribution in [0.4, 0.5) is 0 Å². The summed E-state index contributed by atoms with van der Waals surface area (Å²) in [5, 5.41) is 3.69. The number of nitrogens with one attached hydrogen (secondary N) is 1. The van der Waals surface area contributed by atoms with Crippen LogP contribution in [0.25, 0.3) is 0 Å². The van der Waals surface area contributed by atoms with Gasteiger partial charge in [0, 0.05) is 28.6 Å². The fraction of sp³-hybridized carbons (Fsp3) is 0.278. The van der Waals surface area contributed by atoms with Crippen molar-refractivity contribution in [3.05, 3.63) is 70.2 Å². The second-order valence-corrected chi connectivity index (χ2v) is 8.49. The van der Waals surface area contributed by atoms with E-state index in [0.717, 1.165) is 17.0 Å². The smallest absolute Gasteiger partial charge is 0.251 e. The molecule has 1 fully saturated rings. The fourth-order valence-electron chi connectivity index (χ4n) is 2.46. The molecule has 0 aliphatic carbocycles. The van der Waals surface area contributed by atoms with Gasteiger partial charge in [0.2, 0.25) is 0 Å². The maximum Gasteiger partial charge on any atom is 0.251 e. The summed E-state index contributed by atoms with van der Waals surface area (Å²) >= 11 is 9.91. The Labute approximate surface area is 150 Å². The number of halogens is 1.